The van der Waals surface area contributed by atoms with Gasteiger partial charge in [-0.2, -0.15) is 0 Å². The molecule has 0 saturated carbocycles. The molecular formula is C65H116O6. The highest BCUT2D eigenvalue weighted by Crippen LogP contribution is 2.16. The molecule has 0 aliphatic heterocycles. The van der Waals surface area contributed by atoms with Gasteiger partial charge in [-0.1, -0.05) is 255 Å². The molecule has 0 bridgehead atoms. The molecule has 0 heterocycles. The molecule has 0 amide bonds. The van der Waals surface area contributed by atoms with Crippen molar-refractivity contribution in [1.29, 1.82) is 0 Å². The number of carbonyl (C=O) groups is 3. The van der Waals surface area contributed by atoms with Gasteiger partial charge in [0, 0.05) is 19.3 Å². The molecule has 0 radical (unpaired) electrons. The van der Waals surface area contributed by atoms with Crippen LogP contribution in [0.4, 0.5) is 0 Å². The molecule has 0 fully saturated rings. The molecule has 0 N–H and O–H groups in total. The minimum absolute atomic E-state index is 0.0801. The number of rotatable bonds is 56. The standard InChI is InChI=1S/C65H116O6/c1-4-7-10-13-16-19-22-25-28-30-32-34-37-40-43-46-49-52-55-58-64(67)70-61-62(60-69-63(66)57-54-51-48-45-42-39-36-27-24-21-18-15-12-9-6-3)71-65(68)59-56-53-50-47-44-41-38-35-33-31-29-26-23-20-17-14-11-8-5-2/h9,12,18,21,25-29,36,62H,4-8,10-11,13-17,19-20,22-24,30-35,37-61H2,1-3H3/b12-9-,21-18-,28-25-,29-26-,36-27-/t62-/m1/s1. The maximum absolute atomic E-state index is 12.9. The van der Waals surface area contributed by atoms with Crippen molar-refractivity contribution < 1.29 is 28.6 Å². The number of hydrogen-bond donors (Lipinski definition) is 0. The maximum atomic E-state index is 12.9. The molecule has 0 aromatic heterocycles. The van der Waals surface area contributed by atoms with Gasteiger partial charge in [0.05, 0.1) is 0 Å². The summed E-state index contributed by atoms with van der Waals surface area (Å²) in [5.74, 6) is -0.887. The first-order chi connectivity index (χ1) is 35.0. The van der Waals surface area contributed by atoms with Gasteiger partial charge >= 0.3 is 17.9 Å². The van der Waals surface area contributed by atoms with Crippen LogP contribution in [-0.4, -0.2) is 37.2 Å². The summed E-state index contributed by atoms with van der Waals surface area (Å²) in [7, 11) is 0. The fraction of sp³-hybridized carbons (Fsp3) is 0.800. The molecule has 71 heavy (non-hydrogen) atoms. The van der Waals surface area contributed by atoms with Crippen LogP contribution in [0.5, 0.6) is 0 Å². The maximum Gasteiger partial charge on any atom is 0.306 e. The van der Waals surface area contributed by atoms with Crippen molar-refractivity contribution in [2.45, 2.75) is 322 Å². The van der Waals surface area contributed by atoms with Crippen LogP contribution in [0.15, 0.2) is 60.8 Å². The van der Waals surface area contributed by atoms with Crippen molar-refractivity contribution in [3.63, 3.8) is 0 Å². The fourth-order valence-corrected chi connectivity index (χ4v) is 8.86. The monoisotopic (exact) mass is 993 g/mol. The minimum Gasteiger partial charge on any atom is -0.462 e. The second kappa shape index (κ2) is 59.7. The Labute approximate surface area is 440 Å². The van der Waals surface area contributed by atoms with Gasteiger partial charge in [-0.25, -0.2) is 0 Å². The van der Waals surface area contributed by atoms with Gasteiger partial charge in [-0.3, -0.25) is 14.4 Å². The van der Waals surface area contributed by atoms with E-state index in [1.807, 2.05) is 0 Å². The Morgan fingerprint density at radius 2 is 0.549 bits per heavy atom. The number of esters is 3. The van der Waals surface area contributed by atoms with Gasteiger partial charge in [0.1, 0.15) is 13.2 Å². The van der Waals surface area contributed by atoms with Gasteiger partial charge in [-0.05, 0) is 103 Å². The first-order valence-corrected chi connectivity index (χ1v) is 30.8. The number of hydrogen-bond acceptors (Lipinski definition) is 6. The Morgan fingerprint density at radius 1 is 0.296 bits per heavy atom. The van der Waals surface area contributed by atoms with Gasteiger partial charge in [0.25, 0.3) is 0 Å². The van der Waals surface area contributed by atoms with Crippen molar-refractivity contribution in [2.75, 3.05) is 13.2 Å². The lowest BCUT2D eigenvalue weighted by Gasteiger charge is -2.18. The lowest BCUT2D eigenvalue weighted by molar-refractivity contribution is -0.167. The van der Waals surface area contributed by atoms with Crippen LogP contribution in [0.25, 0.3) is 0 Å². The van der Waals surface area contributed by atoms with Crippen LogP contribution in [0.2, 0.25) is 0 Å². The molecule has 0 aliphatic rings. The second-order valence-electron chi connectivity index (χ2n) is 20.6. The third-order valence-corrected chi connectivity index (χ3v) is 13.5. The molecule has 0 unspecified atom stereocenters. The zero-order valence-corrected chi connectivity index (χ0v) is 47.2. The van der Waals surface area contributed by atoms with Crippen molar-refractivity contribution in [3.8, 4) is 0 Å². The average molecular weight is 994 g/mol. The van der Waals surface area contributed by atoms with Gasteiger partial charge < -0.3 is 14.2 Å². The number of carbonyl (C=O) groups excluding carboxylic acids is 3. The highest BCUT2D eigenvalue weighted by molar-refractivity contribution is 5.71. The lowest BCUT2D eigenvalue weighted by atomic mass is 10.1. The number of allylic oxidation sites excluding steroid dienone is 10. The van der Waals surface area contributed by atoms with Crippen molar-refractivity contribution in [3.05, 3.63) is 60.8 Å². The largest absolute Gasteiger partial charge is 0.462 e. The van der Waals surface area contributed by atoms with Crippen LogP contribution in [0.3, 0.4) is 0 Å². The van der Waals surface area contributed by atoms with Crippen LogP contribution >= 0.6 is 0 Å². The van der Waals surface area contributed by atoms with E-state index in [4.69, 9.17) is 14.2 Å². The topological polar surface area (TPSA) is 78.9 Å². The summed E-state index contributed by atoms with van der Waals surface area (Å²) in [5, 5.41) is 0. The quantitative estimate of drug-likeness (QED) is 0.0261. The molecule has 0 spiro atoms. The van der Waals surface area contributed by atoms with Crippen molar-refractivity contribution >= 4 is 17.9 Å². The SMILES string of the molecule is CC/C=C\C/C=C\C/C=C\CCCCCCCC(=O)OC[C@H](COC(=O)CCCCCCCCCCC/C=C\CCCCCCCC)OC(=O)CCCCCCCCCCC/C=C\CCCCCCCC. The summed E-state index contributed by atoms with van der Waals surface area (Å²) in [5.41, 5.74) is 0. The van der Waals surface area contributed by atoms with Crippen LogP contribution in [-0.2, 0) is 28.6 Å². The molecule has 0 saturated heterocycles. The first kappa shape index (κ1) is 68.1. The summed E-state index contributed by atoms with van der Waals surface area (Å²) >= 11 is 0. The third-order valence-electron chi connectivity index (χ3n) is 13.5. The molecule has 6 heteroatoms. The number of ether oxygens (including phenoxy) is 3. The average Bonchev–Trinajstić information content (AvgIpc) is 3.37. The summed E-state index contributed by atoms with van der Waals surface area (Å²) in [6.07, 6.45) is 75.0. The number of unbranched alkanes of at least 4 members (excludes halogenated alkanes) is 35. The molecule has 0 aromatic carbocycles. The molecule has 0 rings (SSSR count). The van der Waals surface area contributed by atoms with Gasteiger partial charge in [-0.15, -0.1) is 0 Å². The second-order valence-corrected chi connectivity index (χ2v) is 20.6. The van der Waals surface area contributed by atoms with Gasteiger partial charge in [0.2, 0.25) is 0 Å². The Hall–Kier alpha value is -2.89. The molecule has 6 nitrogen and oxygen atoms in total. The lowest BCUT2D eigenvalue weighted by Crippen LogP contribution is -2.30. The van der Waals surface area contributed by atoms with Crippen LogP contribution in [0, 0.1) is 0 Å². The molecule has 412 valence electrons. The smallest absolute Gasteiger partial charge is 0.306 e. The third kappa shape index (κ3) is 57.9. The van der Waals surface area contributed by atoms with E-state index in [9.17, 15) is 14.4 Å². The van der Waals surface area contributed by atoms with Crippen molar-refractivity contribution in [2.24, 2.45) is 0 Å². The Bertz CT molecular complexity index is 1280. The van der Waals surface area contributed by atoms with Crippen LogP contribution < -0.4 is 0 Å². The summed E-state index contributed by atoms with van der Waals surface area (Å²) in [6, 6.07) is 0. The molecule has 0 aromatic rings. The van der Waals surface area contributed by atoms with E-state index in [1.54, 1.807) is 0 Å². The minimum atomic E-state index is -0.784. The normalized spacial score (nSPS) is 12.4. The van der Waals surface area contributed by atoms with E-state index < -0.39 is 6.10 Å². The Balaban J connectivity index is 4.37. The fourth-order valence-electron chi connectivity index (χ4n) is 8.86. The van der Waals surface area contributed by atoms with E-state index >= 15 is 0 Å². The van der Waals surface area contributed by atoms with E-state index in [1.165, 1.54) is 180 Å². The molecular weight excluding hydrogens is 877 g/mol. The molecule has 1 atom stereocenters. The zero-order valence-electron chi connectivity index (χ0n) is 47.2. The summed E-state index contributed by atoms with van der Waals surface area (Å²) < 4.78 is 16.9. The summed E-state index contributed by atoms with van der Waals surface area (Å²) in [6.45, 7) is 6.54. The van der Waals surface area contributed by atoms with Crippen LogP contribution in [0.1, 0.15) is 316 Å². The summed E-state index contributed by atoms with van der Waals surface area (Å²) in [4.78, 5) is 38.3. The Kier molecular flexibility index (Phi) is 57.2. The van der Waals surface area contributed by atoms with Gasteiger partial charge in [0.15, 0.2) is 6.10 Å². The highest BCUT2D eigenvalue weighted by Gasteiger charge is 2.19. The van der Waals surface area contributed by atoms with E-state index in [0.29, 0.717) is 19.3 Å². The first-order valence-electron chi connectivity index (χ1n) is 30.8. The predicted octanol–water partition coefficient (Wildman–Crippen LogP) is 20.8. The zero-order chi connectivity index (χ0) is 51.4. The van der Waals surface area contributed by atoms with E-state index in [2.05, 4.69) is 81.5 Å². The highest BCUT2D eigenvalue weighted by atomic mass is 16.6. The van der Waals surface area contributed by atoms with E-state index in [-0.39, 0.29) is 31.1 Å². The Morgan fingerprint density at radius 3 is 0.873 bits per heavy atom. The van der Waals surface area contributed by atoms with E-state index in [0.717, 1.165) is 96.3 Å². The molecule has 0 aliphatic carbocycles. The van der Waals surface area contributed by atoms with Crippen molar-refractivity contribution in [1.82, 2.24) is 0 Å². The predicted molar refractivity (Wildman–Crippen MR) is 307 cm³/mol.